The van der Waals surface area contributed by atoms with Gasteiger partial charge in [0.25, 0.3) is 0 Å². The Morgan fingerprint density at radius 3 is 2.23 bits per heavy atom. The van der Waals surface area contributed by atoms with E-state index in [1.165, 1.54) is 27.3 Å². The summed E-state index contributed by atoms with van der Waals surface area (Å²) < 4.78 is 0. The van der Waals surface area contributed by atoms with Gasteiger partial charge in [-0.2, -0.15) is 0 Å². The van der Waals surface area contributed by atoms with Gasteiger partial charge >= 0.3 is 0 Å². The molecule has 1 aromatic heterocycles. The van der Waals surface area contributed by atoms with Crippen molar-refractivity contribution in [2.75, 3.05) is 0 Å². The maximum Gasteiger partial charge on any atom is 0.0346 e. The van der Waals surface area contributed by atoms with E-state index in [1.54, 1.807) is 0 Å². The number of fused-ring (bicyclic) bond motifs is 2. The number of hydrogen-bond donors (Lipinski definition) is 1. The SMILES string of the molecule is NCc1ccc2ccc(-c3ccc4cnccc4c3)cc2c1. The first-order chi connectivity index (χ1) is 10.8. The average Bonchev–Trinajstić information content (AvgIpc) is 2.60. The molecule has 2 N–H and O–H groups in total. The predicted molar refractivity (Wildman–Crippen MR) is 92.6 cm³/mol. The van der Waals surface area contributed by atoms with Crippen LogP contribution in [0.25, 0.3) is 32.7 Å². The second kappa shape index (κ2) is 5.24. The van der Waals surface area contributed by atoms with Crippen LogP contribution in [-0.2, 0) is 6.54 Å². The van der Waals surface area contributed by atoms with Crippen LogP contribution in [0.2, 0.25) is 0 Å². The zero-order chi connectivity index (χ0) is 14.9. The number of nitrogens with zero attached hydrogens (tertiary/aromatic N) is 1. The molecular weight excluding hydrogens is 268 g/mol. The van der Waals surface area contributed by atoms with Crippen molar-refractivity contribution in [2.24, 2.45) is 5.73 Å². The number of nitrogens with two attached hydrogens (primary N) is 1. The molecule has 0 amide bonds. The normalized spacial score (nSPS) is 11.1. The van der Waals surface area contributed by atoms with E-state index in [0.29, 0.717) is 6.54 Å². The fourth-order valence-electron chi connectivity index (χ4n) is 2.87. The summed E-state index contributed by atoms with van der Waals surface area (Å²) in [5.74, 6) is 0. The highest BCUT2D eigenvalue weighted by Crippen LogP contribution is 2.27. The summed E-state index contributed by atoms with van der Waals surface area (Å²) in [6.45, 7) is 0.573. The van der Waals surface area contributed by atoms with Gasteiger partial charge in [-0.1, -0.05) is 36.4 Å². The Morgan fingerprint density at radius 2 is 1.41 bits per heavy atom. The number of pyridine rings is 1. The maximum absolute atomic E-state index is 5.75. The van der Waals surface area contributed by atoms with Crippen LogP contribution in [0.5, 0.6) is 0 Å². The van der Waals surface area contributed by atoms with Gasteiger partial charge in [0.1, 0.15) is 0 Å². The Balaban J connectivity index is 1.87. The highest BCUT2D eigenvalue weighted by atomic mass is 14.6. The van der Waals surface area contributed by atoms with E-state index in [4.69, 9.17) is 5.73 Å². The van der Waals surface area contributed by atoms with Crippen LogP contribution >= 0.6 is 0 Å². The molecule has 2 nitrogen and oxygen atoms in total. The van der Waals surface area contributed by atoms with Crippen molar-refractivity contribution in [1.82, 2.24) is 4.98 Å². The molecule has 0 unspecified atom stereocenters. The Kier molecular flexibility index (Phi) is 3.10. The first kappa shape index (κ1) is 13.0. The zero-order valence-electron chi connectivity index (χ0n) is 12.2. The van der Waals surface area contributed by atoms with E-state index >= 15 is 0 Å². The van der Waals surface area contributed by atoms with Gasteiger partial charge < -0.3 is 5.73 Å². The van der Waals surface area contributed by atoms with Crippen LogP contribution in [0.4, 0.5) is 0 Å². The lowest BCUT2D eigenvalue weighted by Gasteiger charge is -2.07. The lowest BCUT2D eigenvalue weighted by atomic mass is 9.98. The number of aromatic nitrogens is 1. The van der Waals surface area contributed by atoms with E-state index in [-0.39, 0.29) is 0 Å². The molecule has 22 heavy (non-hydrogen) atoms. The summed E-state index contributed by atoms with van der Waals surface area (Å²) in [6, 6.07) is 21.5. The third-order valence-electron chi connectivity index (χ3n) is 4.11. The van der Waals surface area contributed by atoms with Crippen LogP contribution in [-0.4, -0.2) is 4.98 Å². The van der Waals surface area contributed by atoms with E-state index < -0.39 is 0 Å². The number of rotatable bonds is 2. The summed E-state index contributed by atoms with van der Waals surface area (Å²) in [5, 5.41) is 4.85. The van der Waals surface area contributed by atoms with Crippen molar-refractivity contribution >= 4 is 21.5 Å². The van der Waals surface area contributed by atoms with Gasteiger partial charge in [0.05, 0.1) is 0 Å². The molecule has 0 spiro atoms. The van der Waals surface area contributed by atoms with Crippen LogP contribution < -0.4 is 5.73 Å². The summed E-state index contributed by atoms with van der Waals surface area (Å²) in [5.41, 5.74) is 9.35. The lowest BCUT2D eigenvalue weighted by molar-refractivity contribution is 1.08. The maximum atomic E-state index is 5.75. The minimum Gasteiger partial charge on any atom is -0.326 e. The fourth-order valence-corrected chi connectivity index (χ4v) is 2.87. The van der Waals surface area contributed by atoms with Crippen molar-refractivity contribution in [3.05, 3.63) is 78.6 Å². The van der Waals surface area contributed by atoms with Gasteiger partial charge in [-0.15, -0.1) is 0 Å². The van der Waals surface area contributed by atoms with Gasteiger partial charge in [0.2, 0.25) is 0 Å². The summed E-state index contributed by atoms with van der Waals surface area (Å²) >= 11 is 0. The quantitative estimate of drug-likeness (QED) is 0.588. The first-order valence-corrected chi connectivity index (χ1v) is 7.40. The van der Waals surface area contributed by atoms with Crippen LogP contribution in [0.1, 0.15) is 5.56 Å². The second-order valence-electron chi connectivity index (χ2n) is 5.54. The fraction of sp³-hybridized carbons (Fsp3) is 0.0500. The minimum absolute atomic E-state index is 0.573. The van der Waals surface area contributed by atoms with Crippen molar-refractivity contribution in [3.8, 4) is 11.1 Å². The Bertz CT molecular complexity index is 973. The predicted octanol–water partition coefficient (Wildman–Crippen LogP) is 4.51. The van der Waals surface area contributed by atoms with Crippen LogP contribution in [0.15, 0.2) is 73.1 Å². The standard InChI is InChI=1S/C20H16N2/c21-12-14-1-2-15-3-4-17(11-20(15)9-14)16-5-6-19-13-22-8-7-18(19)10-16/h1-11,13H,12,21H2. The number of hydrogen-bond acceptors (Lipinski definition) is 2. The van der Waals surface area contributed by atoms with E-state index in [2.05, 4.69) is 59.6 Å². The molecule has 106 valence electrons. The van der Waals surface area contributed by atoms with E-state index in [1.807, 2.05) is 18.5 Å². The monoisotopic (exact) mass is 284 g/mol. The molecule has 0 radical (unpaired) electrons. The molecule has 0 saturated carbocycles. The van der Waals surface area contributed by atoms with Crippen molar-refractivity contribution in [1.29, 1.82) is 0 Å². The third-order valence-corrected chi connectivity index (χ3v) is 4.11. The highest BCUT2D eigenvalue weighted by Gasteiger charge is 2.02. The molecule has 2 heteroatoms. The van der Waals surface area contributed by atoms with Crippen molar-refractivity contribution < 1.29 is 0 Å². The summed E-state index contributed by atoms with van der Waals surface area (Å²) in [6.07, 6.45) is 3.73. The largest absolute Gasteiger partial charge is 0.326 e. The summed E-state index contributed by atoms with van der Waals surface area (Å²) in [4.78, 5) is 4.16. The molecule has 0 aliphatic heterocycles. The van der Waals surface area contributed by atoms with Crippen LogP contribution in [0, 0.1) is 0 Å². The topological polar surface area (TPSA) is 38.9 Å². The molecule has 0 aliphatic rings. The van der Waals surface area contributed by atoms with Crippen LogP contribution in [0.3, 0.4) is 0 Å². The van der Waals surface area contributed by atoms with Gasteiger partial charge in [-0.25, -0.2) is 0 Å². The molecule has 0 aliphatic carbocycles. The molecule has 0 bridgehead atoms. The van der Waals surface area contributed by atoms with Gasteiger partial charge in [-0.05, 0) is 57.1 Å². The molecule has 0 atom stereocenters. The minimum atomic E-state index is 0.573. The molecule has 0 saturated heterocycles. The Labute approximate surface area is 129 Å². The van der Waals surface area contributed by atoms with Gasteiger partial charge in [0.15, 0.2) is 0 Å². The third kappa shape index (κ3) is 2.24. The van der Waals surface area contributed by atoms with Gasteiger partial charge in [0, 0.05) is 24.3 Å². The highest BCUT2D eigenvalue weighted by molar-refractivity contribution is 5.91. The molecule has 4 rings (SSSR count). The smallest absolute Gasteiger partial charge is 0.0346 e. The molecule has 4 aromatic rings. The first-order valence-electron chi connectivity index (χ1n) is 7.40. The molecule has 1 heterocycles. The van der Waals surface area contributed by atoms with E-state index in [9.17, 15) is 0 Å². The second-order valence-corrected chi connectivity index (χ2v) is 5.54. The Morgan fingerprint density at radius 1 is 0.682 bits per heavy atom. The molecule has 0 fully saturated rings. The number of benzene rings is 3. The molecular formula is C20H16N2. The zero-order valence-corrected chi connectivity index (χ0v) is 12.2. The summed E-state index contributed by atoms with van der Waals surface area (Å²) in [7, 11) is 0. The van der Waals surface area contributed by atoms with Crippen molar-refractivity contribution in [3.63, 3.8) is 0 Å². The average molecular weight is 284 g/mol. The lowest BCUT2D eigenvalue weighted by Crippen LogP contribution is -1.95. The van der Waals surface area contributed by atoms with Crippen molar-refractivity contribution in [2.45, 2.75) is 6.54 Å². The Hall–Kier alpha value is -2.71. The molecule has 3 aromatic carbocycles. The van der Waals surface area contributed by atoms with E-state index in [0.717, 1.165) is 10.9 Å². The van der Waals surface area contributed by atoms with Gasteiger partial charge in [-0.3, -0.25) is 4.98 Å².